The average molecular weight is 771 g/mol. The van der Waals surface area contributed by atoms with Crippen molar-refractivity contribution in [1.29, 1.82) is 5.26 Å². The minimum atomic E-state index is -4.43. The molecule has 0 aliphatic carbocycles. The lowest BCUT2D eigenvalue weighted by Gasteiger charge is -2.29. The monoisotopic (exact) mass is 770 g/mol. The predicted octanol–water partition coefficient (Wildman–Crippen LogP) is 5.17. The fraction of sp³-hybridized carbons (Fsp3) is 0.568. The van der Waals surface area contributed by atoms with E-state index in [2.05, 4.69) is 21.2 Å². The molecule has 1 aromatic carbocycles. The summed E-state index contributed by atoms with van der Waals surface area (Å²) in [4.78, 5) is 43.5. The van der Waals surface area contributed by atoms with Gasteiger partial charge in [-0.2, -0.15) is 10.4 Å². The smallest absolute Gasteiger partial charge is 0.406 e. The summed E-state index contributed by atoms with van der Waals surface area (Å²) >= 11 is 0. The van der Waals surface area contributed by atoms with Crippen LogP contribution in [-0.2, 0) is 59.2 Å². The van der Waals surface area contributed by atoms with Crippen LogP contribution in [-0.4, -0.2) is 70.1 Å². The van der Waals surface area contributed by atoms with E-state index in [4.69, 9.17) is 33.7 Å². The molecule has 1 fully saturated rings. The van der Waals surface area contributed by atoms with Crippen molar-refractivity contribution < 1.29 is 46.9 Å². The van der Waals surface area contributed by atoms with Crippen molar-refractivity contribution in [2.45, 2.75) is 105 Å². The second-order valence-corrected chi connectivity index (χ2v) is 15.7. The van der Waals surface area contributed by atoms with Gasteiger partial charge in [-0.15, -0.1) is 0 Å². The van der Waals surface area contributed by atoms with Crippen LogP contribution in [0.25, 0.3) is 5.52 Å². The number of nitriles is 1. The fourth-order valence-electron chi connectivity index (χ4n) is 5.68. The van der Waals surface area contributed by atoms with Crippen LogP contribution in [0.1, 0.15) is 78.1 Å². The van der Waals surface area contributed by atoms with Crippen molar-refractivity contribution in [1.82, 2.24) is 19.7 Å². The number of hydrogen-bond donors (Lipinski definition) is 2. The number of carbonyl (C=O) groups is 3. The maximum absolute atomic E-state index is 14.6. The van der Waals surface area contributed by atoms with Crippen LogP contribution >= 0.6 is 7.75 Å². The Hall–Kier alpha value is -4.39. The topological polar surface area (TPSA) is 216 Å². The quantitative estimate of drug-likeness (QED) is 0.0969. The van der Waals surface area contributed by atoms with Crippen LogP contribution in [0.15, 0.2) is 42.7 Å². The number of aryl methyl sites for hydroxylation is 1. The normalized spacial score (nSPS) is 21.6. The SMILES string of the molecule is CCC(CC)COC(=O)[C@H](C)N[P@@](=O)(OCc1ccccc1C)OC[C@H]1O[C@@](C#N)(c2ccc3c(N)ncnn23)[C@H](OC(=O)C(C)C)[C@@H]1OC(=O)C(C)C. The summed E-state index contributed by atoms with van der Waals surface area (Å²) in [5.74, 6) is -3.09. The highest BCUT2D eigenvalue weighted by Crippen LogP contribution is 2.49. The molecule has 54 heavy (non-hydrogen) atoms. The zero-order chi connectivity index (χ0) is 39.8. The van der Waals surface area contributed by atoms with E-state index in [-0.39, 0.29) is 30.6 Å². The number of nitrogens with zero attached hydrogens (tertiary/aromatic N) is 4. The molecule has 0 unspecified atom stereocenters. The van der Waals surface area contributed by atoms with Crippen molar-refractivity contribution in [3.8, 4) is 6.07 Å². The zero-order valence-electron chi connectivity index (χ0n) is 32.0. The first-order valence-electron chi connectivity index (χ1n) is 18.1. The molecule has 0 spiro atoms. The van der Waals surface area contributed by atoms with Gasteiger partial charge in [0.15, 0.2) is 18.0 Å². The third kappa shape index (κ3) is 9.64. The number of nitrogen functional groups attached to an aromatic ring is 1. The lowest BCUT2D eigenvalue weighted by Crippen LogP contribution is -2.47. The molecule has 3 N–H and O–H groups in total. The summed E-state index contributed by atoms with van der Waals surface area (Å²) in [6.45, 7) is 13.1. The van der Waals surface area contributed by atoms with E-state index in [1.807, 2.05) is 32.9 Å². The van der Waals surface area contributed by atoms with Crippen molar-refractivity contribution in [2.75, 3.05) is 18.9 Å². The van der Waals surface area contributed by atoms with Gasteiger partial charge in [-0.25, -0.2) is 19.2 Å². The van der Waals surface area contributed by atoms with Gasteiger partial charge in [-0.05, 0) is 43.0 Å². The Balaban J connectivity index is 1.74. The minimum Gasteiger partial charge on any atom is -0.464 e. The second kappa shape index (κ2) is 18.3. The third-order valence-corrected chi connectivity index (χ3v) is 10.9. The largest absolute Gasteiger partial charge is 0.464 e. The summed E-state index contributed by atoms with van der Waals surface area (Å²) < 4.78 is 51.6. The molecule has 2 aromatic heterocycles. The predicted molar refractivity (Wildman–Crippen MR) is 196 cm³/mol. The number of fused-ring (bicyclic) bond motifs is 1. The standard InChI is InChI=1S/C37H51N6O10P/c1-9-26(10-2)17-48-36(46)25(8)42-54(47,49-18-27-14-12-11-13-24(27)7)50-19-29-31(51-34(44)22(3)4)32(52-35(45)23(5)6)37(20-38,53-29)30-16-15-28-33(39)40-21-41-43(28)30/h11-16,21-23,25-26,29,31-32H,9-10,17-19H2,1-8H3,(H,42,47)(H2,39,40,41)/t25-,29+,31+,32+,37-,54+/m0/s1. The number of aromatic nitrogens is 3. The van der Waals surface area contributed by atoms with Gasteiger partial charge >= 0.3 is 25.7 Å². The number of rotatable bonds is 18. The summed E-state index contributed by atoms with van der Waals surface area (Å²) in [5, 5.41) is 17.8. The number of nitrogens with one attached hydrogen (secondary N) is 1. The molecule has 1 aliphatic heterocycles. The van der Waals surface area contributed by atoms with E-state index in [1.165, 1.54) is 23.8 Å². The summed E-state index contributed by atoms with van der Waals surface area (Å²) in [7, 11) is -4.43. The highest BCUT2D eigenvalue weighted by atomic mass is 31.2. The number of ether oxygens (including phenoxy) is 4. The molecule has 0 bridgehead atoms. The van der Waals surface area contributed by atoms with Crippen molar-refractivity contribution in [3.05, 3.63) is 59.5 Å². The molecule has 6 atom stereocenters. The number of carbonyl (C=O) groups excluding carboxylic acids is 3. The van der Waals surface area contributed by atoms with Crippen molar-refractivity contribution in [2.24, 2.45) is 17.8 Å². The number of hydrogen-bond acceptors (Lipinski definition) is 14. The Morgan fingerprint density at radius 2 is 1.69 bits per heavy atom. The van der Waals surface area contributed by atoms with Crippen LogP contribution in [0, 0.1) is 36.0 Å². The maximum Gasteiger partial charge on any atom is 0.406 e. The first-order chi connectivity index (χ1) is 25.6. The molecule has 4 rings (SSSR count). The first-order valence-corrected chi connectivity index (χ1v) is 19.6. The highest BCUT2D eigenvalue weighted by molar-refractivity contribution is 7.51. The van der Waals surface area contributed by atoms with Crippen LogP contribution in [0.4, 0.5) is 5.82 Å². The number of nitrogens with two attached hydrogens (primary N) is 1. The molecule has 0 amide bonds. The second-order valence-electron chi connectivity index (χ2n) is 13.9. The maximum atomic E-state index is 14.6. The van der Waals surface area contributed by atoms with Gasteiger partial charge in [0, 0.05) is 0 Å². The van der Waals surface area contributed by atoms with Gasteiger partial charge in [-0.3, -0.25) is 23.4 Å². The van der Waals surface area contributed by atoms with Crippen molar-refractivity contribution in [3.63, 3.8) is 0 Å². The molecule has 16 nitrogen and oxygen atoms in total. The Bertz CT molecular complexity index is 1870. The Morgan fingerprint density at radius 3 is 2.31 bits per heavy atom. The highest BCUT2D eigenvalue weighted by Gasteiger charge is 2.63. The van der Waals surface area contributed by atoms with Gasteiger partial charge in [0.05, 0.1) is 37.4 Å². The van der Waals surface area contributed by atoms with E-state index in [1.54, 1.807) is 45.9 Å². The third-order valence-electron chi connectivity index (χ3n) is 9.25. The summed E-state index contributed by atoms with van der Waals surface area (Å²) in [6.07, 6.45) is -1.60. The Morgan fingerprint density at radius 1 is 1.02 bits per heavy atom. The van der Waals surface area contributed by atoms with E-state index in [9.17, 15) is 24.2 Å². The van der Waals surface area contributed by atoms with Gasteiger partial charge in [0.25, 0.3) is 0 Å². The molecular formula is C37H51N6O10P. The molecule has 3 aromatic rings. The van der Waals surface area contributed by atoms with Crippen LogP contribution < -0.4 is 10.8 Å². The summed E-state index contributed by atoms with van der Waals surface area (Å²) in [6, 6.07) is 11.4. The molecular weight excluding hydrogens is 719 g/mol. The van der Waals surface area contributed by atoms with E-state index < -0.39 is 74.1 Å². The van der Waals surface area contributed by atoms with E-state index >= 15 is 0 Å². The average Bonchev–Trinajstić information content (AvgIpc) is 3.71. The number of benzene rings is 1. The van der Waals surface area contributed by atoms with Gasteiger partial charge in [0.1, 0.15) is 30.1 Å². The molecule has 0 saturated carbocycles. The van der Waals surface area contributed by atoms with Gasteiger partial charge in [-0.1, -0.05) is 78.6 Å². The molecule has 1 saturated heterocycles. The van der Waals surface area contributed by atoms with Crippen LogP contribution in [0.3, 0.4) is 0 Å². The lowest BCUT2D eigenvalue weighted by atomic mass is 9.92. The van der Waals surface area contributed by atoms with Crippen LogP contribution in [0.5, 0.6) is 0 Å². The van der Waals surface area contributed by atoms with Gasteiger partial charge in [0.2, 0.25) is 5.60 Å². The molecule has 294 valence electrons. The Labute approximate surface area is 315 Å². The van der Waals surface area contributed by atoms with Crippen LogP contribution in [0.2, 0.25) is 0 Å². The molecule has 17 heteroatoms. The van der Waals surface area contributed by atoms with Gasteiger partial charge < -0.3 is 24.7 Å². The molecule has 3 heterocycles. The minimum absolute atomic E-state index is 0.0923. The molecule has 0 radical (unpaired) electrons. The fourth-order valence-corrected chi connectivity index (χ4v) is 7.14. The molecule has 1 aliphatic rings. The number of anilines is 1. The Kier molecular flexibility index (Phi) is 14.3. The zero-order valence-corrected chi connectivity index (χ0v) is 32.9. The van der Waals surface area contributed by atoms with E-state index in [0.29, 0.717) is 11.1 Å². The lowest BCUT2D eigenvalue weighted by molar-refractivity contribution is -0.173. The van der Waals surface area contributed by atoms with E-state index in [0.717, 1.165) is 18.4 Å². The number of esters is 3. The summed E-state index contributed by atoms with van der Waals surface area (Å²) in [5.41, 5.74) is 5.93. The first kappa shape index (κ1) is 42.4. The van der Waals surface area contributed by atoms with Crippen molar-refractivity contribution >= 4 is 37.0 Å².